The molecule has 4 aromatic rings. The minimum absolute atomic E-state index is 0.161. The zero-order chi connectivity index (χ0) is 26.1. The van der Waals surface area contributed by atoms with Gasteiger partial charge in [-0.15, -0.1) is 0 Å². The molecule has 1 amide bonds. The van der Waals surface area contributed by atoms with Gasteiger partial charge in [0.2, 0.25) is 0 Å². The predicted molar refractivity (Wildman–Crippen MR) is 151 cm³/mol. The highest BCUT2D eigenvalue weighted by Crippen LogP contribution is 2.44. The van der Waals surface area contributed by atoms with E-state index in [0.29, 0.717) is 41.9 Å². The Morgan fingerprint density at radius 3 is 2.68 bits per heavy atom. The van der Waals surface area contributed by atoms with Crippen molar-refractivity contribution in [2.24, 2.45) is 0 Å². The van der Waals surface area contributed by atoms with E-state index in [-0.39, 0.29) is 5.91 Å². The van der Waals surface area contributed by atoms with Crippen LogP contribution in [0.3, 0.4) is 0 Å². The molecule has 8 heteroatoms. The summed E-state index contributed by atoms with van der Waals surface area (Å²) in [5.74, 6) is 1.34. The average Bonchev–Trinajstić information content (AvgIpc) is 3.61. The summed E-state index contributed by atoms with van der Waals surface area (Å²) in [6, 6.07) is 15.7. The Kier molecular flexibility index (Phi) is 6.79. The minimum atomic E-state index is -0.161. The van der Waals surface area contributed by atoms with Gasteiger partial charge in [-0.1, -0.05) is 24.2 Å². The fourth-order valence-corrected chi connectivity index (χ4v) is 5.55. The van der Waals surface area contributed by atoms with Gasteiger partial charge in [0.1, 0.15) is 30.4 Å². The van der Waals surface area contributed by atoms with Gasteiger partial charge in [0.05, 0.1) is 22.9 Å². The average molecular weight is 529 g/mol. The number of hydrogen-bond donors (Lipinski definition) is 1. The van der Waals surface area contributed by atoms with Crippen molar-refractivity contribution in [3.63, 3.8) is 0 Å². The lowest BCUT2D eigenvalue weighted by Crippen LogP contribution is -2.36. The number of carbonyl (C=O) groups is 1. The summed E-state index contributed by atoms with van der Waals surface area (Å²) in [7, 11) is 0. The van der Waals surface area contributed by atoms with E-state index in [1.807, 2.05) is 42.5 Å². The van der Waals surface area contributed by atoms with Crippen LogP contribution in [0.15, 0.2) is 67.4 Å². The molecule has 0 atom stereocenters. The summed E-state index contributed by atoms with van der Waals surface area (Å²) in [6.45, 7) is 8.51. The van der Waals surface area contributed by atoms with Crippen LogP contribution >= 0.6 is 11.6 Å². The third-order valence-electron chi connectivity index (χ3n) is 7.21. The summed E-state index contributed by atoms with van der Waals surface area (Å²) < 4.78 is 11.8. The zero-order valence-electron chi connectivity index (χ0n) is 21.1. The summed E-state index contributed by atoms with van der Waals surface area (Å²) in [6.07, 6.45) is 5.58. The van der Waals surface area contributed by atoms with Crippen molar-refractivity contribution in [3.8, 4) is 33.9 Å². The number of anilines is 1. The second-order valence-electron chi connectivity index (χ2n) is 9.54. The second-order valence-corrected chi connectivity index (χ2v) is 9.95. The van der Waals surface area contributed by atoms with Crippen molar-refractivity contribution in [3.05, 3.63) is 72.4 Å². The van der Waals surface area contributed by atoms with Gasteiger partial charge in [-0.3, -0.25) is 9.69 Å². The van der Waals surface area contributed by atoms with E-state index in [9.17, 15) is 4.79 Å². The van der Waals surface area contributed by atoms with E-state index < -0.39 is 0 Å². The lowest BCUT2D eigenvalue weighted by molar-refractivity contribution is -0.114. The molecule has 6 rings (SSSR count). The molecule has 7 nitrogen and oxygen atoms in total. The Morgan fingerprint density at radius 2 is 1.89 bits per heavy atom. The van der Waals surface area contributed by atoms with Gasteiger partial charge in [0.15, 0.2) is 0 Å². The highest BCUT2D eigenvalue weighted by atomic mass is 35.5. The highest BCUT2D eigenvalue weighted by Gasteiger charge is 2.25. The molecule has 0 spiro atoms. The topological polar surface area (TPSA) is 70.7 Å². The van der Waals surface area contributed by atoms with Gasteiger partial charge >= 0.3 is 0 Å². The second kappa shape index (κ2) is 10.5. The van der Waals surface area contributed by atoms with Crippen LogP contribution in [0.1, 0.15) is 12.8 Å². The number of halogens is 1. The number of amides is 1. The first-order chi connectivity index (χ1) is 18.6. The van der Waals surface area contributed by atoms with Crippen molar-refractivity contribution in [1.29, 1.82) is 0 Å². The molecule has 0 saturated carbocycles. The molecule has 1 N–H and O–H groups in total. The Balaban J connectivity index is 1.37. The van der Waals surface area contributed by atoms with Crippen molar-refractivity contribution < 1.29 is 14.3 Å². The molecule has 194 valence electrons. The molecular weight excluding hydrogens is 500 g/mol. The number of benzene rings is 2. The summed E-state index contributed by atoms with van der Waals surface area (Å²) >= 11 is 6.71. The predicted octanol–water partition coefficient (Wildman–Crippen LogP) is 5.94. The zero-order valence-corrected chi connectivity index (χ0v) is 21.8. The van der Waals surface area contributed by atoms with E-state index in [0.717, 1.165) is 53.2 Å². The Labute approximate surface area is 226 Å². The van der Waals surface area contributed by atoms with Crippen LogP contribution in [0, 0.1) is 0 Å². The third-order valence-corrected chi connectivity index (χ3v) is 7.53. The first-order valence-electron chi connectivity index (χ1n) is 13.0. The minimum Gasteiger partial charge on any atom is -0.492 e. The van der Waals surface area contributed by atoms with Gasteiger partial charge < -0.3 is 19.4 Å². The largest absolute Gasteiger partial charge is 0.492 e. The van der Waals surface area contributed by atoms with Gasteiger partial charge in [-0.25, -0.2) is 4.98 Å². The summed E-state index contributed by atoms with van der Waals surface area (Å²) in [4.78, 5) is 24.7. The number of nitrogens with zero attached hydrogens (tertiary/aromatic N) is 3. The maximum atomic E-state index is 12.6. The number of aromatic amines is 1. The maximum Gasteiger partial charge on any atom is 0.250 e. The normalized spacial score (nSPS) is 15.3. The number of aromatic nitrogens is 2. The number of pyridine rings is 1. The number of likely N-dealkylation sites (tertiary alicyclic amines) is 1. The van der Waals surface area contributed by atoms with E-state index in [2.05, 4.69) is 21.4 Å². The number of nitrogens with one attached hydrogen (secondary N) is 1. The van der Waals surface area contributed by atoms with Crippen LogP contribution in [0.4, 0.5) is 5.69 Å². The third kappa shape index (κ3) is 4.64. The van der Waals surface area contributed by atoms with Crippen LogP contribution in [0.2, 0.25) is 5.02 Å². The molecule has 2 aliphatic rings. The maximum absolute atomic E-state index is 12.6. The first kappa shape index (κ1) is 24.5. The molecule has 2 aromatic carbocycles. The number of ether oxygens (including phenoxy) is 2. The molecule has 0 radical (unpaired) electrons. The van der Waals surface area contributed by atoms with Crippen LogP contribution < -0.4 is 14.4 Å². The SMILES string of the molecule is C=CC(=O)N1CCOc2ccc(-c3c(-c4ccc(OCCN5CCCC5)cc4)[nH]c4nccc(Cl)c34)cc21. The number of rotatable bonds is 7. The number of fused-ring (bicyclic) bond motifs is 2. The van der Waals surface area contributed by atoms with Gasteiger partial charge in [0, 0.05) is 23.7 Å². The molecule has 1 fully saturated rings. The van der Waals surface area contributed by atoms with Crippen LogP contribution in [0.25, 0.3) is 33.4 Å². The highest BCUT2D eigenvalue weighted by molar-refractivity contribution is 6.36. The number of hydrogen-bond acceptors (Lipinski definition) is 5. The van der Waals surface area contributed by atoms with Crippen molar-refractivity contribution in [2.75, 3.05) is 44.3 Å². The van der Waals surface area contributed by atoms with Crippen molar-refractivity contribution >= 4 is 34.2 Å². The lowest BCUT2D eigenvalue weighted by atomic mass is 9.97. The van der Waals surface area contributed by atoms with Crippen LogP contribution in [0.5, 0.6) is 11.5 Å². The fraction of sp³-hybridized carbons (Fsp3) is 0.267. The molecule has 0 unspecified atom stereocenters. The summed E-state index contributed by atoms with van der Waals surface area (Å²) in [5, 5.41) is 1.43. The van der Waals surface area contributed by atoms with Crippen molar-refractivity contribution in [1.82, 2.24) is 14.9 Å². The van der Waals surface area contributed by atoms with Crippen LogP contribution in [-0.2, 0) is 4.79 Å². The summed E-state index contributed by atoms with van der Waals surface area (Å²) in [5.41, 5.74) is 5.09. The number of H-pyrrole nitrogens is 1. The van der Waals surface area contributed by atoms with Gasteiger partial charge in [-0.2, -0.15) is 0 Å². The quantitative estimate of drug-likeness (QED) is 0.301. The monoisotopic (exact) mass is 528 g/mol. The molecule has 0 aliphatic carbocycles. The first-order valence-corrected chi connectivity index (χ1v) is 13.3. The fourth-order valence-electron chi connectivity index (χ4n) is 5.31. The van der Waals surface area contributed by atoms with E-state index in [1.165, 1.54) is 18.9 Å². The van der Waals surface area contributed by atoms with E-state index in [1.54, 1.807) is 17.2 Å². The molecule has 0 bridgehead atoms. The molecule has 2 aliphatic heterocycles. The molecule has 38 heavy (non-hydrogen) atoms. The molecule has 4 heterocycles. The standard InChI is InChI=1S/C30H29ClN4O3/c1-2-26(36)35-16-18-38-25-10-7-21(19-24(25)35)27-28-23(31)11-12-32-30(28)33-29(27)20-5-8-22(9-6-20)37-17-15-34-13-3-4-14-34/h2,5-12,19H,1,3-4,13-18H2,(H,32,33). The Bertz CT molecular complexity index is 1490. The molecular formula is C30H29ClN4O3. The van der Waals surface area contributed by atoms with Gasteiger partial charge in [0.25, 0.3) is 5.91 Å². The van der Waals surface area contributed by atoms with Crippen LogP contribution in [-0.4, -0.2) is 60.2 Å². The van der Waals surface area contributed by atoms with Gasteiger partial charge in [-0.05, 0) is 85.6 Å². The lowest BCUT2D eigenvalue weighted by Gasteiger charge is -2.29. The molecule has 1 saturated heterocycles. The smallest absolute Gasteiger partial charge is 0.250 e. The Hall–Kier alpha value is -3.81. The Morgan fingerprint density at radius 1 is 1.11 bits per heavy atom. The van der Waals surface area contributed by atoms with Crippen molar-refractivity contribution in [2.45, 2.75) is 12.8 Å². The van der Waals surface area contributed by atoms with E-state index >= 15 is 0 Å². The molecule has 2 aromatic heterocycles. The van der Waals surface area contributed by atoms with E-state index in [4.69, 9.17) is 21.1 Å². The number of carbonyl (C=O) groups excluding carboxylic acids is 1.